The van der Waals surface area contributed by atoms with Crippen molar-refractivity contribution in [2.45, 2.75) is 33.1 Å². The van der Waals surface area contributed by atoms with Crippen LogP contribution in [0.2, 0.25) is 0 Å². The lowest BCUT2D eigenvalue weighted by Gasteiger charge is -2.10. The van der Waals surface area contributed by atoms with E-state index in [0.29, 0.717) is 36.7 Å². The summed E-state index contributed by atoms with van der Waals surface area (Å²) in [4.78, 5) is 23.1. The highest BCUT2D eigenvalue weighted by molar-refractivity contribution is 5.93. The Labute approximate surface area is 119 Å². The number of hydrogen-bond donors (Lipinski definition) is 3. The van der Waals surface area contributed by atoms with Gasteiger partial charge in [0.15, 0.2) is 0 Å². The molecule has 1 unspecified atom stereocenters. The van der Waals surface area contributed by atoms with Gasteiger partial charge in [0.25, 0.3) is 0 Å². The molecule has 0 radical (unpaired) electrons. The summed E-state index contributed by atoms with van der Waals surface area (Å²) in [5.41, 5.74) is 6.89. The molecule has 110 valence electrons. The van der Waals surface area contributed by atoms with Gasteiger partial charge in [-0.2, -0.15) is 0 Å². The molecular formula is C15H23N3O2. The zero-order valence-corrected chi connectivity index (χ0v) is 12.1. The van der Waals surface area contributed by atoms with Gasteiger partial charge in [0.2, 0.25) is 11.8 Å². The summed E-state index contributed by atoms with van der Waals surface area (Å²) in [6.45, 7) is 4.40. The first-order valence-electron chi connectivity index (χ1n) is 6.95. The van der Waals surface area contributed by atoms with Crippen molar-refractivity contribution in [3.05, 3.63) is 24.3 Å². The first-order chi connectivity index (χ1) is 9.55. The molecular weight excluding hydrogens is 254 g/mol. The summed E-state index contributed by atoms with van der Waals surface area (Å²) < 4.78 is 0. The monoisotopic (exact) mass is 277 g/mol. The van der Waals surface area contributed by atoms with Gasteiger partial charge < -0.3 is 16.4 Å². The van der Waals surface area contributed by atoms with Gasteiger partial charge in [-0.1, -0.05) is 19.9 Å². The van der Waals surface area contributed by atoms with Gasteiger partial charge in [-0.3, -0.25) is 9.59 Å². The van der Waals surface area contributed by atoms with E-state index in [-0.39, 0.29) is 11.8 Å². The number of anilines is 2. The van der Waals surface area contributed by atoms with E-state index >= 15 is 0 Å². The standard InChI is InChI=1S/C15H23N3O2/c1-3-14(19)17-12-5-4-6-13(9-12)18-15(20)8-7-11(2)10-16/h4-6,9,11H,3,7-8,10,16H2,1-2H3,(H,17,19)(H,18,20). The lowest BCUT2D eigenvalue weighted by atomic mass is 10.1. The van der Waals surface area contributed by atoms with Gasteiger partial charge >= 0.3 is 0 Å². The molecule has 1 aromatic rings. The van der Waals surface area contributed by atoms with Crippen molar-refractivity contribution < 1.29 is 9.59 Å². The topological polar surface area (TPSA) is 84.2 Å². The lowest BCUT2D eigenvalue weighted by Crippen LogP contribution is -2.16. The molecule has 5 nitrogen and oxygen atoms in total. The van der Waals surface area contributed by atoms with Crippen LogP contribution >= 0.6 is 0 Å². The molecule has 1 atom stereocenters. The smallest absolute Gasteiger partial charge is 0.224 e. The summed E-state index contributed by atoms with van der Waals surface area (Å²) >= 11 is 0. The Morgan fingerprint density at radius 1 is 1.20 bits per heavy atom. The minimum absolute atomic E-state index is 0.0377. The van der Waals surface area contributed by atoms with E-state index in [1.807, 2.05) is 6.92 Å². The Bertz CT molecular complexity index is 460. The highest BCUT2D eigenvalue weighted by Gasteiger charge is 2.06. The average Bonchev–Trinajstić information content (AvgIpc) is 2.44. The molecule has 0 spiro atoms. The van der Waals surface area contributed by atoms with Crippen molar-refractivity contribution in [1.82, 2.24) is 0 Å². The van der Waals surface area contributed by atoms with E-state index in [9.17, 15) is 9.59 Å². The summed E-state index contributed by atoms with van der Waals surface area (Å²) in [5, 5.41) is 5.58. The van der Waals surface area contributed by atoms with Gasteiger partial charge in [-0.15, -0.1) is 0 Å². The van der Waals surface area contributed by atoms with Crippen molar-refractivity contribution in [2.24, 2.45) is 11.7 Å². The summed E-state index contributed by atoms with van der Waals surface area (Å²) in [7, 11) is 0. The summed E-state index contributed by atoms with van der Waals surface area (Å²) in [6.07, 6.45) is 1.64. The molecule has 0 aliphatic rings. The molecule has 20 heavy (non-hydrogen) atoms. The molecule has 2 amide bonds. The van der Waals surface area contributed by atoms with Crippen molar-refractivity contribution in [3.8, 4) is 0 Å². The third-order valence-electron chi connectivity index (χ3n) is 3.02. The van der Waals surface area contributed by atoms with Crippen LogP contribution in [-0.2, 0) is 9.59 Å². The number of nitrogens with two attached hydrogens (primary N) is 1. The van der Waals surface area contributed by atoms with Crippen LogP contribution in [0.5, 0.6) is 0 Å². The predicted octanol–water partition coefficient (Wildman–Crippen LogP) is 2.35. The Balaban J connectivity index is 2.53. The summed E-state index contributed by atoms with van der Waals surface area (Å²) in [6, 6.07) is 7.13. The molecule has 4 N–H and O–H groups in total. The maximum absolute atomic E-state index is 11.8. The molecule has 1 aromatic carbocycles. The zero-order chi connectivity index (χ0) is 15.0. The van der Waals surface area contributed by atoms with E-state index in [1.54, 1.807) is 31.2 Å². The number of amides is 2. The Morgan fingerprint density at radius 3 is 2.35 bits per heavy atom. The maximum atomic E-state index is 11.8. The number of rotatable bonds is 7. The normalized spacial score (nSPS) is 11.8. The first kappa shape index (κ1) is 16.2. The molecule has 0 saturated carbocycles. The lowest BCUT2D eigenvalue weighted by molar-refractivity contribution is -0.117. The van der Waals surface area contributed by atoms with Gasteiger partial charge in [-0.25, -0.2) is 0 Å². The van der Waals surface area contributed by atoms with E-state index in [1.165, 1.54) is 0 Å². The van der Waals surface area contributed by atoms with Gasteiger partial charge in [0.05, 0.1) is 0 Å². The average molecular weight is 277 g/mol. The zero-order valence-electron chi connectivity index (χ0n) is 12.1. The van der Waals surface area contributed by atoms with E-state index in [4.69, 9.17) is 5.73 Å². The Kier molecular flexibility index (Phi) is 6.73. The van der Waals surface area contributed by atoms with Crippen molar-refractivity contribution >= 4 is 23.2 Å². The second kappa shape index (κ2) is 8.32. The van der Waals surface area contributed by atoms with Crippen LogP contribution in [0, 0.1) is 5.92 Å². The van der Waals surface area contributed by atoms with E-state index in [0.717, 1.165) is 6.42 Å². The molecule has 0 bridgehead atoms. The molecule has 1 rings (SSSR count). The summed E-state index contributed by atoms with van der Waals surface area (Å²) in [5.74, 6) is 0.255. The number of benzene rings is 1. The Morgan fingerprint density at radius 2 is 1.80 bits per heavy atom. The fourth-order valence-corrected chi connectivity index (χ4v) is 1.64. The van der Waals surface area contributed by atoms with Crippen LogP contribution in [0.1, 0.15) is 33.1 Å². The van der Waals surface area contributed by atoms with Crippen LogP contribution in [0.3, 0.4) is 0 Å². The number of nitrogens with one attached hydrogen (secondary N) is 2. The molecule has 0 heterocycles. The van der Waals surface area contributed by atoms with Crippen molar-refractivity contribution in [3.63, 3.8) is 0 Å². The first-order valence-corrected chi connectivity index (χ1v) is 6.95. The fourth-order valence-electron chi connectivity index (χ4n) is 1.64. The van der Waals surface area contributed by atoms with Crippen molar-refractivity contribution in [1.29, 1.82) is 0 Å². The second-order valence-corrected chi connectivity index (χ2v) is 4.91. The highest BCUT2D eigenvalue weighted by atomic mass is 16.2. The minimum Gasteiger partial charge on any atom is -0.330 e. The number of hydrogen-bond acceptors (Lipinski definition) is 3. The maximum Gasteiger partial charge on any atom is 0.224 e. The highest BCUT2D eigenvalue weighted by Crippen LogP contribution is 2.16. The molecule has 0 fully saturated rings. The number of carbonyl (C=O) groups is 2. The third kappa shape index (κ3) is 5.84. The van der Waals surface area contributed by atoms with Gasteiger partial charge in [0, 0.05) is 24.2 Å². The SMILES string of the molecule is CCC(=O)Nc1cccc(NC(=O)CCC(C)CN)c1. The Hall–Kier alpha value is -1.88. The molecule has 0 saturated heterocycles. The van der Waals surface area contributed by atoms with Crippen LogP contribution in [0.15, 0.2) is 24.3 Å². The van der Waals surface area contributed by atoms with Crippen LogP contribution in [0.4, 0.5) is 11.4 Å². The quantitative estimate of drug-likeness (QED) is 0.715. The van der Waals surface area contributed by atoms with Crippen molar-refractivity contribution in [2.75, 3.05) is 17.2 Å². The molecule has 0 aliphatic heterocycles. The van der Waals surface area contributed by atoms with Gasteiger partial charge in [0.1, 0.15) is 0 Å². The van der Waals surface area contributed by atoms with Gasteiger partial charge in [-0.05, 0) is 37.1 Å². The fraction of sp³-hybridized carbons (Fsp3) is 0.467. The second-order valence-electron chi connectivity index (χ2n) is 4.91. The van der Waals surface area contributed by atoms with Crippen LogP contribution < -0.4 is 16.4 Å². The van der Waals surface area contributed by atoms with E-state index in [2.05, 4.69) is 10.6 Å². The largest absolute Gasteiger partial charge is 0.330 e. The molecule has 0 aromatic heterocycles. The molecule has 0 aliphatic carbocycles. The minimum atomic E-state index is -0.0507. The third-order valence-corrected chi connectivity index (χ3v) is 3.02. The predicted molar refractivity (Wildman–Crippen MR) is 81.4 cm³/mol. The van der Waals surface area contributed by atoms with Crippen LogP contribution in [-0.4, -0.2) is 18.4 Å². The molecule has 5 heteroatoms. The van der Waals surface area contributed by atoms with Crippen LogP contribution in [0.25, 0.3) is 0 Å². The van der Waals surface area contributed by atoms with E-state index < -0.39 is 0 Å². The number of carbonyl (C=O) groups excluding carboxylic acids is 2.